The molecule has 2 bridgehead atoms. The van der Waals surface area contributed by atoms with E-state index in [1.807, 2.05) is 0 Å². The summed E-state index contributed by atoms with van der Waals surface area (Å²) in [5.41, 5.74) is 5.81. The highest BCUT2D eigenvalue weighted by molar-refractivity contribution is 5.97. The monoisotopic (exact) mass is 625 g/mol. The van der Waals surface area contributed by atoms with Gasteiger partial charge < -0.3 is 36.6 Å². The van der Waals surface area contributed by atoms with E-state index in [-0.39, 0.29) is 59.5 Å². The summed E-state index contributed by atoms with van der Waals surface area (Å²) in [6.45, 7) is 7.06. The summed E-state index contributed by atoms with van der Waals surface area (Å²) in [6.07, 6.45) is 1.22. The number of aliphatic carboxylic acids is 2. The minimum atomic E-state index is -1.35. The second-order valence-electron chi connectivity index (χ2n) is 12.8. The Morgan fingerprint density at radius 1 is 1.18 bits per heavy atom. The first-order chi connectivity index (χ1) is 21.2. The number of carboxylic acid groups (broad SMARTS) is 2. The number of ether oxygens (including phenoxy) is 1. The van der Waals surface area contributed by atoms with Crippen LogP contribution in [0.2, 0.25) is 0 Å². The van der Waals surface area contributed by atoms with Crippen molar-refractivity contribution in [3.8, 4) is 0 Å². The molecule has 15 heteroatoms. The molecule has 2 aromatic rings. The molecule has 15 nitrogen and oxygen atoms in total. The van der Waals surface area contributed by atoms with E-state index in [9.17, 15) is 29.1 Å². The second kappa shape index (κ2) is 11.9. The summed E-state index contributed by atoms with van der Waals surface area (Å²) < 4.78 is 6.17. The maximum atomic E-state index is 13.9. The Kier molecular flexibility index (Phi) is 8.38. The lowest BCUT2D eigenvalue weighted by atomic mass is 9.70. The van der Waals surface area contributed by atoms with Gasteiger partial charge in [-0.2, -0.15) is 4.98 Å². The van der Waals surface area contributed by atoms with Gasteiger partial charge in [0.25, 0.3) is 11.5 Å². The van der Waals surface area contributed by atoms with Crippen LogP contribution < -0.4 is 32.1 Å². The fraction of sp³-hybridized carbons (Fsp3) is 0.533. The number of nitrogens with zero attached hydrogens (tertiary/aromatic N) is 2. The van der Waals surface area contributed by atoms with Crippen molar-refractivity contribution >= 4 is 47.1 Å². The molecule has 3 aliphatic rings. The first-order valence-electron chi connectivity index (χ1n) is 14.9. The van der Waals surface area contributed by atoms with Crippen LogP contribution in [0.1, 0.15) is 63.2 Å². The largest absolute Gasteiger partial charge is 0.481 e. The van der Waals surface area contributed by atoms with Crippen LogP contribution in [-0.2, 0) is 14.3 Å². The number of aromatic nitrogens is 2. The van der Waals surface area contributed by atoms with Gasteiger partial charge in [-0.1, -0.05) is 20.8 Å². The molecule has 242 valence electrons. The van der Waals surface area contributed by atoms with Gasteiger partial charge in [0.2, 0.25) is 5.95 Å². The van der Waals surface area contributed by atoms with Crippen molar-refractivity contribution in [1.29, 1.82) is 0 Å². The minimum Gasteiger partial charge on any atom is -0.481 e. The molecular formula is C30H39N7O8. The maximum Gasteiger partial charge on any atom is 0.415 e. The highest BCUT2D eigenvalue weighted by atomic mass is 16.6. The first-order valence-corrected chi connectivity index (χ1v) is 14.9. The van der Waals surface area contributed by atoms with Crippen LogP contribution in [0.3, 0.4) is 0 Å². The number of rotatable bonds is 10. The number of carbonyl (C=O) groups excluding carboxylic acids is 2. The molecule has 2 saturated carbocycles. The highest BCUT2D eigenvalue weighted by Crippen LogP contribution is 2.66. The van der Waals surface area contributed by atoms with Gasteiger partial charge in [-0.25, -0.2) is 9.59 Å². The lowest BCUT2D eigenvalue weighted by molar-refractivity contribution is -0.140. The zero-order valence-electron chi connectivity index (χ0n) is 25.4. The van der Waals surface area contributed by atoms with Gasteiger partial charge in [-0.05, 0) is 61.3 Å². The Balaban J connectivity index is 1.29. The molecule has 2 aliphatic carbocycles. The Bertz CT molecular complexity index is 1560. The van der Waals surface area contributed by atoms with Crippen LogP contribution >= 0.6 is 0 Å². The molecule has 0 radical (unpaired) electrons. The van der Waals surface area contributed by atoms with Crippen LogP contribution in [0.25, 0.3) is 0 Å². The van der Waals surface area contributed by atoms with Crippen LogP contribution in [0.5, 0.6) is 0 Å². The van der Waals surface area contributed by atoms with E-state index in [0.717, 1.165) is 19.3 Å². The van der Waals surface area contributed by atoms with Crippen LogP contribution in [-0.4, -0.2) is 75.4 Å². The maximum absolute atomic E-state index is 13.9. The Hall–Kier alpha value is -4.82. The van der Waals surface area contributed by atoms with E-state index < -0.39 is 48.0 Å². The van der Waals surface area contributed by atoms with Crippen LogP contribution in [0.4, 0.5) is 27.9 Å². The van der Waals surface area contributed by atoms with Crippen molar-refractivity contribution in [2.45, 2.75) is 71.1 Å². The highest BCUT2D eigenvalue weighted by Gasteiger charge is 2.63. The van der Waals surface area contributed by atoms with E-state index in [1.165, 1.54) is 17.0 Å². The van der Waals surface area contributed by atoms with E-state index in [2.05, 4.69) is 46.7 Å². The third-order valence-electron chi connectivity index (χ3n) is 10.1. The van der Waals surface area contributed by atoms with Crippen molar-refractivity contribution in [2.24, 2.45) is 16.7 Å². The number of nitrogens with one attached hydrogen (secondary N) is 4. The predicted octanol–water partition coefficient (Wildman–Crippen LogP) is 2.46. The molecule has 45 heavy (non-hydrogen) atoms. The predicted molar refractivity (Wildman–Crippen MR) is 164 cm³/mol. The van der Waals surface area contributed by atoms with Gasteiger partial charge in [0, 0.05) is 36.2 Å². The number of benzene rings is 1. The van der Waals surface area contributed by atoms with Gasteiger partial charge in [-0.15, -0.1) is 0 Å². The Labute approximate surface area is 258 Å². The quantitative estimate of drug-likeness (QED) is 0.202. The number of aromatic amines is 1. The molecule has 5 rings (SSSR count). The van der Waals surface area contributed by atoms with Gasteiger partial charge in [0.05, 0.1) is 6.04 Å². The molecule has 2 heterocycles. The van der Waals surface area contributed by atoms with Crippen molar-refractivity contribution in [3.63, 3.8) is 0 Å². The number of H-pyrrole nitrogens is 1. The smallest absolute Gasteiger partial charge is 0.415 e. The SMILES string of the molecule is CC1(C)C2CC[C@@]1(C)C(OC(=O)N1c3c(nc(N)[nH]c3=O)NCC1CNc1ccc(C(=O)N[C@@H](CCC(=O)O)C(=O)O)cc1)C2. The molecule has 8 N–H and O–H groups in total. The molecule has 0 saturated heterocycles. The zero-order valence-corrected chi connectivity index (χ0v) is 25.4. The molecule has 1 aliphatic heterocycles. The van der Waals surface area contributed by atoms with Crippen molar-refractivity contribution in [3.05, 3.63) is 40.2 Å². The fourth-order valence-electron chi connectivity index (χ4n) is 6.95. The van der Waals surface area contributed by atoms with Crippen LogP contribution in [0.15, 0.2) is 29.1 Å². The van der Waals surface area contributed by atoms with Gasteiger partial charge in [0.1, 0.15) is 12.1 Å². The molecule has 1 aromatic carbocycles. The number of hydrogen-bond acceptors (Lipinski definition) is 10. The van der Waals surface area contributed by atoms with E-state index in [0.29, 0.717) is 11.6 Å². The summed E-state index contributed by atoms with van der Waals surface area (Å²) in [5.74, 6) is -2.61. The normalized spacial score (nSPS) is 25.0. The number of nitrogens with two attached hydrogens (primary N) is 1. The van der Waals surface area contributed by atoms with Gasteiger partial charge >= 0.3 is 18.0 Å². The Morgan fingerprint density at radius 3 is 2.49 bits per heavy atom. The summed E-state index contributed by atoms with van der Waals surface area (Å²) in [4.78, 5) is 69.8. The summed E-state index contributed by atoms with van der Waals surface area (Å²) in [5, 5.41) is 26.8. The summed E-state index contributed by atoms with van der Waals surface area (Å²) >= 11 is 0. The first kappa shape index (κ1) is 31.6. The van der Waals surface area contributed by atoms with E-state index in [4.69, 9.17) is 15.6 Å². The molecule has 1 aromatic heterocycles. The molecule has 0 spiro atoms. The third kappa shape index (κ3) is 5.98. The Morgan fingerprint density at radius 2 is 1.89 bits per heavy atom. The minimum absolute atomic E-state index is 0.0164. The number of amides is 2. The average molecular weight is 626 g/mol. The molecule has 5 atom stereocenters. The molecule has 3 unspecified atom stereocenters. The summed E-state index contributed by atoms with van der Waals surface area (Å²) in [6, 6.07) is 4.29. The standard InChI is InChI=1S/C30H39N7O8/c1-29(2)16-10-11-30(29,3)20(12-16)45-28(44)37-18(14-33-23-22(37)25(41)36-27(31)35-23)13-32-17-6-4-15(5-7-17)24(40)34-19(26(42)43)8-9-21(38)39/h4-7,16,18-20,32H,8-14H2,1-3H3,(H,34,40)(H,38,39)(H,42,43)(H4,31,33,35,36,41)/t16?,18?,19-,20?,30-/m0/s1. The van der Waals surface area contributed by atoms with Crippen molar-refractivity contribution in [1.82, 2.24) is 15.3 Å². The molecule has 2 fully saturated rings. The topological polar surface area (TPSA) is 229 Å². The van der Waals surface area contributed by atoms with Crippen LogP contribution in [0, 0.1) is 16.7 Å². The number of nitrogen functional groups attached to an aromatic ring is 1. The lowest BCUT2D eigenvalue weighted by Crippen LogP contribution is -2.54. The number of carbonyl (C=O) groups is 4. The number of anilines is 4. The zero-order chi connectivity index (χ0) is 32.7. The average Bonchev–Trinajstić information content (AvgIpc) is 3.31. The number of hydrogen-bond donors (Lipinski definition) is 7. The molecule has 2 amide bonds. The summed E-state index contributed by atoms with van der Waals surface area (Å²) in [7, 11) is 0. The van der Waals surface area contributed by atoms with Crippen molar-refractivity contribution in [2.75, 3.05) is 34.4 Å². The lowest BCUT2D eigenvalue weighted by Gasteiger charge is -2.41. The third-order valence-corrected chi connectivity index (χ3v) is 10.1. The second-order valence-corrected chi connectivity index (χ2v) is 12.8. The molecular weight excluding hydrogens is 586 g/mol. The van der Waals surface area contributed by atoms with Gasteiger partial charge in [-0.3, -0.25) is 24.3 Å². The van der Waals surface area contributed by atoms with Gasteiger partial charge in [0.15, 0.2) is 11.5 Å². The van der Waals surface area contributed by atoms with E-state index >= 15 is 0 Å². The number of carboxylic acids is 2. The van der Waals surface area contributed by atoms with Crippen molar-refractivity contribution < 1.29 is 34.1 Å². The fourth-order valence-corrected chi connectivity index (χ4v) is 6.95. The number of fused-ring (bicyclic) bond motifs is 3. The van der Waals surface area contributed by atoms with E-state index in [1.54, 1.807) is 12.1 Å².